The molecule has 1 unspecified atom stereocenters. The topological polar surface area (TPSA) is 33.1 Å². The van der Waals surface area contributed by atoms with Gasteiger partial charge in [-0.2, -0.15) is 0 Å². The van der Waals surface area contributed by atoms with Crippen LogP contribution in [-0.4, -0.2) is 10.1 Å². The first-order chi connectivity index (χ1) is 8.11. The molecule has 0 aliphatic heterocycles. The quantitative estimate of drug-likeness (QED) is 0.873. The lowest BCUT2D eigenvalue weighted by Gasteiger charge is -2.09. The zero-order valence-electron chi connectivity index (χ0n) is 8.57. The number of aromatic nitrogens is 1. The van der Waals surface area contributed by atoms with Crippen molar-refractivity contribution in [1.29, 1.82) is 0 Å². The molecule has 1 aromatic carbocycles. The number of nitrogens with zero attached hydrogens (tertiary/aromatic N) is 1. The third kappa shape index (κ3) is 2.14. The molecule has 17 heavy (non-hydrogen) atoms. The number of aliphatic hydroxyl groups is 1. The molecule has 0 spiro atoms. The van der Waals surface area contributed by atoms with Gasteiger partial charge >= 0.3 is 0 Å². The maximum absolute atomic E-state index is 13.8. The molecule has 88 valence electrons. The number of benzene rings is 1. The molecule has 2 nitrogen and oxygen atoms in total. The summed E-state index contributed by atoms with van der Waals surface area (Å²) in [4.78, 5) is 3.87. The van der Waals surface area contributed by atoms with E-state index in [4.69, 9.17) is 5.11 Å². The summed E-state index contributed by atoms with van der Waals surface area (Å²) in [5, 5.41) is 8.69. The highest BCUT2D eigenvalue weighted by molar-refractivity contribution is 5.61. The summed E-state index contributed by atoms with van der Waals surface area (Å²) in [6.45, 7) is 0. The van der Waals surface area contributed by atoms with Gasteiger partial charge in [-0.15, -0.1) is 0 Å². The Kier molecular flexibility index (Phi) is 3.10. The van der Waals surface area contributed by atoms with E-state index in [0.29, 0.717) is 0 Å². The van der Waals surface area contributed by atoms with Gasteiger partial charge in [0, 0.05) is 11.8 Å². The molecule has 1 heterocycles. The van der Waals surface area contributed by atoms with Crippen molar-refractivity contribution >= 4 is 0 Å². The highest BCUT2D eigenvalue weighted by atomic mass is 19.2. The van der Waals surface area contributed by atoms with Crippen molar-refractivity contribution in [2.75, 3.05) is 0 Å². The lowest BCUT2D eigenvalue weighted by Crippen LogP contribution is -2.01. The standard InChI is InChI=1S/C12H8F3NO/c13-8-5-4-7(9-3-1-2-6-16-9)11(14)10(8)12(15)17/h1-6,12,17H. The highest BCUT2D eigenvalue weighted by Gasteiger charge is 2.21. The van der Waals surface area contributed by atoms with Crippen LogP contribution in [0.25, 0.3) is 11.3 Å². The van der Waals surface area contributed by atoms with Crippen LogP contribution in [0.1, 0.15) is 11.9 Å². The third-order valence-electron chi connectivity index (χ3n) is 2.31. The second-order valence-corrected chi connectivity index (χ2v) is 3.37. The summed E-state index contributed by atoms with van der Waals surface area (Å²) >= 11 is 0. The molecule has 2 aromatic rings. The molecule has 0 fully saturated rings. The number of hydrogen-bond donors (Lipinski definition) is 1. The Labute approximate surface area is 95.4 Å². The average molecular weight is 239 g/mol. The van der Waals surface area contributed by atoms with E-state index in [1.807, 2.05) is 0 Å². The van der Waals surface area contributed by atoms with Crippen LogP contribution in [0.15, 0.2) is 36.5 Å². The fourth-order valence-corrected chi connectivity index (χ4v) is 1.51. The first-order valence-corrected chi connectivity index (χ1v) is 4.82. The predicted molar refractivity (Wildman–Crippen MR) is 55.7 cm³/mol. The molecule has 0 amide bonds. The van der Waals surface area contributed by atoms with Gasteiger partial charge in [0.15, 0.2) is 0 Å². The molecule has 0 saturated carbocycles. The van der Waals surface area contributed by atoms with Crippen LogP contribution in [0.5, 0.6) is 0 Å². The van der Waals surface area contributed by atoms with E-state index >= 15 is 0 Å². The van der Waals surface area contributed by atoms with Crippen LogP contribution < -0.4 is 0 Å². The smallest absolute Gasteiger partial charge is 0.228 e. The van der Waals surface area contributed by atoms with Gasteiger partial charge in [-0.25, -0.2) is 13.2 Å². The Bertz CT molecular complexity index is 529. The van der Waals surface area contributed by atoms with E-state index in [-0.39, 0.29) is 11.3 Å². The first-order valence-electron chi connectivity index (χ1n) is 4.82. The van der Waals surface area contributed by atoms with Gasteiger partial charge in [0.25, 0.3) is 0 Å². The van der Waals surface area contributed by atoms with E-state index in [2.05, 4.69) is 4.98 Å². The van der Waals surface area contributed by atoms with E-state index < -0.39 is 23.6 Å². The Morgan fingerprint density at radius 3 is 2.47 bits per heavy atom. The largest absolute Gasteiger partial charge is 0.360 e. The minimum atomic E-state index is -2.70. The van der Waals surface area contributed by atoms with Gasteiger partial charge in [-0.05, 0) is 24.3 Å². The van der Waals surface area contributed by atoms with Crippen LogP contribution in [0.3, 0.4) is 0 Å². The normalized spacial score (nSPS) is 12.5. The maximum atomic E-state index is 13.8. The van der Waals surface area contributed by atoms with Gasteiger partial charge < -0.3 is 5.11 Å². The number of hydrogen-bond acceptors (Lipinski definition) is 2. The SMILES string of the molecule is OC(F)c1c(F)ccc(-c2ccccn2)c1F. The number of alkyl halides is 1. The fraction of sp³-hybridized carbons (Fsp3) is 0.0833. The van der Waals surface area contributed by atoms with Crippen molar-refractivity contribution < 1.29 is 18.3 Å². The summed E-state index contributed by atoms with van der Waals surface area (Å²) in [6.07, 6.45) is -1.26. The Balaban J connectivity index is 2.62. The second kappa shape index (κ2) is 4.55. The number of halogens is 3. The average Bonchev–Trinajstić information content (AvgIpc) is 2.30. The van der Waals surface area contributed by atoms with Crippen LogP contribution in [-0.2, 0) is 0 Å². The molecule has 0 saturated heterocycles. The summed E-state index contributed by atoms with van der Waals surface area (Å²) in [5.41, 5.74) is -0.807. The molecule has 1 aromatic heterocycles. The summed E-state index contributed by atoms with van der Waals surface area (Å²) < 4.78 is 39.6. The monoisotopic (exact) mass is 239 g/mol. The third-order valence-corrected chi connectivity index (χ3v) is 2.31. The molecule has 0 bridgehead atoms. The Hall–Kier alpha value is -1.88. The van der Waals surface area contributed by atoms with Crippen molar-refractivity contribution in [1.82, 2.24) is 4.98 Å². The minimum absolute atomic E-state index is 0.0568. The van der Waals surface area contributed by atoms with E-state index in [1.165, 1.54) is 12.3 Å². The molecule has 2 rings (SSSR count). The number of aliphatic hydroxyl groups excluding tert-OH is 1. The van der Waals surface area contributed by atoms with Gasteiger partial charge in [0.05, 0.1) is 11.3 Å². The lowest BCUT2D eigenvalue weighted by atomic mass is 10.1. The fourth-order valence-electron chi connectivity index (χ4n) is 1.51. The number of pyridine rings is 1. The van der Waals surface area contributed by atoms with Gasteiger partial charge in [-0.1, -0.05) is 6.07 Å². The van der Waals surface area contributed by atoms with Crippen LogP contribution >= 0.6 is 0 Å². The van der Waals surface area contributed by atoms with Crippen molar-refractivity contribution in [3.63, 3.8) is 0 Å². The summed E-state index contributed by atoms with van der Waals surface area (Å²) in [6, 6.07) is 6.81. The Morgan fingerprint density at radius 1 is 1.12 bits per heavy atom. The zero-order chi connectivity index (χ0) is 12.4. The Morgan fingerprint density at radius 2 is 1.88 bits per heavy atom. The van der Waals surface area contributed by atoms with Crippen LogP contribution in [0.4, 0.5) is 13.2 Å². The maximum Gasteiger partial charge on any atom is 0.228 e. The molecule has 0 aliphatic rings. The molecule has 1 N–H and O–H groups in total. The van der Waals surface area contributed by atoms with Gasteiger partial charge in [0.2, 0.25) is 6.36 Å². The van der Waals surface area contributed by atoms with E-state index in [0.717, 1.165) is 12.1 Å². The number of rotatable bonds is 2. The van der Waals surface area contributed by atoms with Crippen molar-refractivity contribution in [3.8, 4) is 11.3 Å². The second-order valence-electron chi connectivity index (χ2n) is 3.37. The van der Waals surface area contributed by atoms with E-state index in [1.54, 1.807) is 12.1 Å². The van der Waals surface area contributed by atoms with E-state index in [9.17, 15) is 13.2 Å². The molecular weight excluding hydrogens is 231 g/mol. The molecule has 0 aliphatic carbocycles. The zero-order valence-corrected chi connectivity index (χ0v) is 8.57. The minimum Gasteiger partial charge on any atom is -0.360 e. The molecular formula is C12H8F3NO. The van der Waals surface area contributed by atoms with Crippen molar-refractivity contribution in [2.45, 2.75) is 6.36 Å². The van der Waals surface area contributed by atoms with Crippen LogP contribution in [0, 0.1) is 11.6 Å². The summed E-state index contributed by atoms with van der Waals surface area (Å²) in [7, 11) is 0. The molecule has 0 radical (unpaired) electrons. The predicted octanol–water partition coefficient (Wildman–Crippen LogP) is 2.99. The van der Waals surface area contributed by atoms with Crippen molar-refractivity contribution in [3.05, 3.63) is 53.7 Å². The first kappa shape index (κ1) is 11.6. The van der Waals surface area contributed by atoms with Gasteiger partial charge in [-0.3, -0.25) is 4.98 Å². The van der Waals surface area contributed by atoms with Crippen LogP contribution in [0.2, 0.25) is 0 Å². The molecule has 5 heteroatoms. The lowest BCUT2D eigenvalue weighted by molar-refractivity contribution is 0.0345. The molecule has 1 atom stereocenters. The summed E-state index contributed by atoms with van der Waals surface area (Å²) in [5.74, 6) is -2.27. The van der Waals surface area contributed by atoms with Gasteiger partial charge in [0.1, 0.15) is 11.6 Å². The highest BCUT2D eigenvalue weighted by Crippen LogP contribution is 2.29. The van der Waals surface area contributed by atoms with Crippen molar-refractivity contribution in [2.24, 2.45) is 0 Å².